The summed E-state index contributed by atoms with van der Waals surface area (Å²) in [5.41, 5.74) is 3.40. The molecule has 0 amide bonds. The Kier molecular flexibility index (Phi) is 3.04. The van der Waals surface area contributed by atoms with Gasteiger partial charge in [-0.05, 0) is 43.9 Å². The number of allylic oxidation sites excluding steroid dienone is 4. The minimum atomic E-state index is 0.794. The molecule has 0 aromatic carbocycles. The van der Waals surface area contributed by atoms with Gasteiger partial charge in [0.2, 0.25) is 0 Å². The van der Waals surface area contributed by atoms with Crippen molar-refractivity contribution in [1.29, 1.82) is 0 Å². The van der Waals surface area contributed by atoms with Crippen LogP contribution in [0.3, 0.4) is 0 Å². The fourth-order valence-electron chi connectivity index (χ4n) is 3.25. The van der Waals surface area contributed by atoms with Crippen molar-refractivity contribution in [2.24, 2.45) is 23.7 Å². The van der Waals surface area contributed by atoms with Crippen LogP contribution < -0.4 is 0 Å². The highest BCUT2D eigenvalue weighted by atomic mass is 14.4. The van der Waals surface area contributed by atoms with Crippen molar-refractivity contribution in [3.63, 3.8) is 0 Å². The van der Waals surface area contributed by atoms with E-state index in [0.717, 1.165) is 23.7 Å². The summed E-state index contributed by atoms with van der Waals surface area (Å²) in [6, 6.07) is 0. The fraction of sp³-hybridized carbons (Fsp3) is 0.733. The van der Waals surface area contributed by atoms with Crippen LogP contribution in [0.15, 0.2) is 23.3 Å². The predicted molar refractivity (Wildman–Crippen MR) is 66.7 cm³/mol. The topological polar surface area (TPSA) is 0 Å². The summed E-state index contributed by atoms with van der Waals surface area (Å²) in [5.74, 6) is 3.22. The summed E-state index contributed by atoms with van der Waals surface area (Å²) in [5, 5.41) is 0. The molecule has 84 valence electrons. The summed E-state index contributed by atoms with van der Waals surface area (Å²) >= 11 is 0. The zero-order valence-electron chi connectivity index (χ0n) is 10.6. The Labute approximate surface area is 94.5 Å². The molecule has 0 spiro atoms. The molecule has 0 saturated carbocycles. The van der Waals surface area contributed by atoms with Crippen molar-refractivity contribution in [3.8, 4) is 0 Å². The average molecular weight is 204 g/mol. The molecular formula is C15H24. The summed E-state index contributed by atoms with van der Waals surface area (Å²) < 4.78 is 0. The lowest BCUT2D eigenvalue weighted by molar-refractivity contribution is 0.357. The molecule has 0 N–H and O–H groups in total. The molecule has 2 aliphatic rings. The van der Waals surface area contributed by atoms with Crippen LogP contribution in [0.1, 0.15) is 47.0 Å². The summed E-state index contributed by atoms with van der Waals surface area (Å²) in [7, 11) is 0. The van der Waals surface area contributed by atoms with Crippen LogP contribution in [-0.2, 0) is 0 Å². The molecule has 0 aromatic heterocycles. The van der Waals surface area contributed by atoms with Gasteiger partial charge in [0.1, 0.15) is 0 Å². The molecule has 0 aromatic rings. The van der Waals surface area contributed by atoms with Crippen LogP contribution >= 0.6 is 0 Å². The SMILES string of the molecule is CC1=CC[C@@H](C(C)C)C2=CC(C)CCC12. The summed E-state index contributed by atoms with van der Waals surface area (Å²) in [6.45, 7) is 9.44. The monoisotopic (exact) mass is 204 g/mol. The molecule has 0 heteroatoms. The van der Waals surface area contributed by atoms with Crippen LogP contribution in [0.5, 0.6) is 0 Å². The van der Waals surface area contributed by atoms with Crippen molar-refractivity contribution >= 4 is 0 Å². The second kappa shape index (κ2) is 4.15. The molecule has 2 unspecified atom stereocenters. The second-order valence-electron chi connectivity index (χ2n) is 5.81. The fourth-order valence-corrected chi connectivity index (χ4v) is 3.25. The molecule has 0 saturated heterocycles. The highest BCUT2D eigenvalue weighted by Gasteiger charge is 2.31. The van der Waals surface area contributed by atoms with Crippen LogP contribution in [0.4, 0.5) is 0 Å². The average Bonchev–Trinajstić information content (AvgIpc) is 2.17. The Balaban J connectivity index is 2.32. The molecule has 0 bridgehead atoms. The first-order valence-corrected chi connectivity index (χ1v) is 6.48. The molecule has 3 atom stereocenters. The third-order valence-electron chi connectivity index (χ3n) is 4.27. The third-order valence-corrected chi connectivity index (χ3v) is 4.27. The first-order chi connectivity index (χ1) is 7.09. The molecule has 0 heterocycles. The number of hydrogen-bond donors (Lipinski definition) is 0. The quantitative estimate of drug-likeness (QED) is 0.548. The highest BCUT2D eigenvalue weighted by molar-refractivity contribution is 5.30. The molecule has 0 radical (unpaired) electrons. The molecule has 2 aliphatic carbocycles. The van der Waals surface area contributed by atoms with Gasteiger partial charge in [0.25, 0.3) is 0 Å². The Morgan fingerprint density at radius 2 is 2.00 bits per heavy atom. The van der Waals surface area contributed by atoms with Gasteiger partial charge in [0, 0.05) is 5.92 Å². The van der Waals surface area contributed by atoms with Crippen molar-refractivity contribution in [2.45, 2.75) is 47.0 Å². The molecule has 0 fully saturated rings. The molecule has 15 heavy (non-hydrogen) atoms. The van der Waals surface area contributed by atoms with E-state index < -0.39 is 0 Å². The minimum Gasteiger partial charge on any atom is -0.0844 e. The second-order valence-corrected chi connectivity index (χ2v) is 5.81. The van der Waals surface area contributed by atoms with E-state index in [4.69, 9.17) is 0 Å². The Hall–Kier alpha value is -0.520. The van der Waals surface area contributed by atoms with Gasteiger partial charge in [0.05, 0.1) is 0 Å². The lowest BCUT2D eigenvalue weighted by atomic mass is 9.67. The lowest BCUT2D eigenvalue weighted by Crippen LogP contribution is -2.26. The first kappa shape index (κ1) is 11.0. The van der Waals surface area contributed by atoms with Crippen molar-refractivity contribution in [1.82, 2.24) is 0 Å². The minimum absolute atomic E-state index is 0.794. The van der Waals surface area contributed by atoms with Crippen LogP contribution in [0.2, 0.25) is 0 Å². The summed E-state index contributed by atoms with van der Waals surface area (Å²) in [4.78, 5) is 0. The standard InChI is InChI=1S/C15H24/c1-10(2)13-8-6-12(4)14-7-5-11(3)9-15(13)14/h6,9-11,13-14H,5,7-8H2,1-4H3/t11?,13-,14?/m0/s1. The molecule has 0 nitrogen and oxygen atoms in total. The Morgan fingerprint density at radius 1 is 1.27 bits per heavy atom. The normalized spacial score (nSPS) is 35.9. The zero-order chi connectivity index (χ0) is 11.0. The first-order valence-electron chi connectivity index (χ1n) is 6.48. The van der Waals surface area contributed by atoms with Gasteiger partial charge < -0.3 is 0 Å². The number of fused-ring (bicyclic) bond motifs is 1. The summed E-state index contributed by atoms with van der Waals surface area (Å²) in [6.07, 6.45) is 9.11. The largest absolute Gasteiger partial charge is 0.0844 e. The Morgan fingerprint density at radius 3 is 2.67 bits per heavy atom. The maximum absolute atomic E-state index is 2.58. The van der Waals surface area contributed by atoms with Crippen LogP contribution in [0.25, 0.3) is 0 Å². The van der Waals surface area contributed by atoms with Gasteiger partial charge in [-0.15, -0.1) is 0 Å². The van der Waals surface area contributed by atoms with E-state index in [-0.39, 0.29) is 0 Å². The van der Waals surface area contributed by atoms with Gasteiger partial charge in [0.15, 0.2) is 0 Å². The lowest BCUT2D eigenvalue weighted by Gasteiger charge is -2.38. The van der Waals surface area contributed by atoms with E-state index in [1.807, 2.05) is 0 Å². The van der Waals surface area contributed by atoms with E-state index in [9.17, 15) is 0 Å². The van der Waals surface area contributed by atoms with Gasteiger partial charge in [-0.3, -0.25) is 0 Å². The molecular weight excluding hydrogens is 180 g/mol. The smallest absolute Gasteiger partial charge is 0.000745 e. The predicted octanol–water partition coefficient (Wildman–Crippen LogP) is 4.58. The molecule has 0 aliphatic heterocycles. The maximum Gasteiger partial charge on any atom is 0.000745 e. The number of rotatable bonds is 1. The highest BCUT2D eigenvalue weighted by Crippen LogP contribution is 2.44. The van der Waals surface area contributed by atoms with E-state index in [1.165, 1.54) is 19.3 Å². The van der Waals surface area contributed by atoms with Crippen molar-refractivity contribution in [3.05, 3.63) is 23.3 Å². The van der Waals surface area contributed by atoms with Crippen LogP contribution in [0, 0.1) is 23.7 Å². The van der Waals surface area contributed by atoms with E-state index in [0.29, 0.717) is 0 Å². The van der Waals surface area contributed by atoms with E-state index in [2.05, 4.69) is 39.8 Å². The van der Waals surface area contributed by atoms with Crippen molar-refractivity contribution < 1.29 is 0 Å². The maximum atomic E-state index is 2.58. The van der Waals surface area contributed by atoms with Crippen molar-refractivity contribution in [2.75, 3.05) is 0 Å². The van der Waals surface area contributed by atoms with Gasteiger partial charge in [-0.2, -0.15) is 0 Å². The van der Waals surface area contributed by atoms with Gasteiger partial charge in [-0.1, -0.05) is 44.1 Å². The van der Waals surface area contributed by atoms with Crippen LogP contribution in [-0.4, -0.2) is 0 Å². The molecule has 2 rings (SSSR count). The zero-order valence-corrected chi connectivity index (χ0v) is 10.6. The Bertz CT molecular complexity index is 293. The van der Waals surface area contributed by atoms with Gasteiger partial charge >= 0.3 is 0 Å². The number of hydrogen-bond acceptors (Lipinski definition) is 0. The third kappa shape index (κ3) is 2.04. The van der Waals surface area contributed by atoms with E-state index in [1.54, 1.807) is 11.1 Å². The van der Waals surface area contributed by atoms with Gasteiger partial charge in [-0.25, -0.2) is 0 Å². The van der Waals surface area contributed by atoms with E-state index >= 15 is 0 Å².